The van der Waals surface area contributed by atoms with E-state index in [0.717, 1.165) is 23.6 Å². The Morgan fingerprint density at radius 1 is 1.04 bits per heavy atom. The first-order chi connectivity index (χ1) is 13.2. The Bertz CT molecular complexity index is 1080. The van der Waals surface area contributed by atoms with Crippen LogP contribution < -0.4 is 0 Å². The number of hydrogen-bond donors (Lipinski definition) is 0. The van der Waals surface area contributed by atoms with E-state index in [1.165, 1.54) is 4.80 Å². The highest BCUT2D eigenvalue weighted by atomic mass is 35.5. The fourth-order valence-electron chi connectivity index (χ4n) is 2.62. The fourth-order valence-corrected chi connectivity index (χ4v) is 2.80. The second-order valence-corrected chi connectivity index (χ2v) is 6.05. The van der Waals surface area contributed by atoms with Crippen molar-refractivity contribution in [3.8, 4) is 17.1 Å². The highest BCUT2D eigenvalue weighted by Gasteiger charge is 2.11. The fraction of sp³-hybridized carbons (Fsp3) is 0.111. The van der Waals surface area contributed by atoms with E-state index in [0.29, 0.717) is 16.7 Å². The molecule has 4 aromatic rings. The SMILES string of the molecule is CCn1c(/C=C/c2nnn(-c3cccc(Cl)c3)n2)nnc1-c1ccncc1. The summed E-state index contributed by atoms with van der Waals surface area (Å²) in [6.45, 7) is 2.77. The number of hydrogen-bond acceptors (Lipinski definition) is 6. The van der Waals surface area contributed by atoms with E-state index < -0.39 is 0 Å². The van der Waals surface area contributed by atoms with Gasteiger partial charge in [0.25, 0.3) is 0 Å². The summed E-state index contributed by atoms with van der Waals surface area (Å²) in [5.41, 5.74) is 1.70. The molecule has 0 N–H and O–H groups in total. The van der Waals surface area contributed by atoms with Crippen LogP contribution in [-0.4, -0.2) is 40.0 Å². The Morgan fingerprint density at radius 3 is 2.67 bits per heavy atom. The van der Waals surface area contributed by atoms with Crippen molar-refractivity contribution in [2.24, 2.45) is 0 Å². The smallest absolute Gasteiger partial charge is 0.198 e. The number of benzene rings is 1. The van der Waals surface area contributed by atoms with Gasteiger partial charge in [-0.15, -0.1) is 25.2 Å². The Morgan fingerprint density at radius 2 is 1.89 bits per heavy atom. The number of rotatable bonds is 5. The van der Waals surface area contributed by atoms with Crippen molar-refractivity contribution in [1.29, 1.82) is 0 Å². The highest BCUT2D eigenvalue weighted by molar-refractivity contribution is 6.30. The summed E-state index contributed by atoms with van der Waals surface area (Å²) in [5.74, 6) is 1.96. The van der Waals surface area contributed by atoms with Gasteiger partial charge < -0.3 is 4.57 Å². The maximum Gasteiger partial charge on any atom is 0.198 e. The molecule has 0 spiro atoms. The first-order valence-corrected chi connectivity index (χ1v) is 8.70. The van der Waals surface area contributed by atoms with Gasteiger partial charge in [0, 0.05) is 29.5 Å². The van der Waals surface area contributed by atoms with Crippen LogP contribution in [0.1, 0.15) is 18.6 Å². The lowest BCUT2D eigenvalue weighted by molar-refractivity contribution is 0.719. The standard InChI is InChI=1S/C18H15ClN8/c1-2-26-17(22-23-18(26)13-8-10-20-11-9-13)7-6-16-21-25-27(24-16)15-5-3-4-14(19)12-15/h3-12H,2H2,1H3/b7-6+. The molecule has 3 aromatic heterocycles. The van der Waals surface area contributed by atoms with E-state index in [1.54, 1.807) is 30.6 Å². The summed E-state index contributed by atoms with van der Waals surface area (Å²) in [4.78, 5) is 5.47. The highest BCUT2D eigenvalue weighted by Crippen LogP contribution is 2.18. The van der Waals surface area contributed by atoms with Crippen LogP contribution in [-0.2, 0) is 6.54 Å². The third-order valence-electron chi connectivity index (χ3n) is 3.88. The van der Waals surface area contributed by atoms with Crippen LogP contribution in [0, 0.1) is 0 Å². The molecule has 0 aliphatic carbocycles. The molecular formula is C18H15ClN8. The van der Waals surface area contributed by atoms with E-state index >= 15 is 0 Å². The summed E-state index contributed by atoms with van der Waals surface area (Å²) in [7, 11) is 0. The van der Waals surface area contributed by atoms with Crippen molar-refractivity contribution in [3.05, 3.63) is 65.5 Å². The van der Waals surface area contributed by atoms with Gasteiger partial charge in [0.1, 0.15) is 0 Å². The van der Waals surface area contributed by atoms with Crippen molar-refractivity contribution < 1.29 is 0 Å². The molecular weight excluding hydrogens is 364 g/mol. The van der Waals surface area contributed by atoms with Crippen LogP contribution in [0.5, 0.6) is 0 Å². The second kappa shape index (κ2) is 7.46. The third kappa shape index (κ3) is 3.61. The van der Waals surface area contributed by atoms with Crippen LogP contribution in [0.3, 0.4) is 0 Å². The van der Waals surface area contributed by atoms with Crippen molar-refractivity contribution in [1.82, 2.24) is 40.0 Å². The molecule has 9 heteroatoms. The molecule has 0 radical (unpaired) electrons. The van der Waals surface area contributed by atoms with Crippen LogP contribution in [0.2, 0.25) is 5.02 Å². The number of tetrazole rings is 1. The molecule has 4 rings (SSSR count). The monoisotopic (exact) mass is 378 g/mol. The molecule has 0 fully saturated rings. The van der Waals surface area contributed by atoms with Gasteiger partial charge in [-0.2, -0.15) is 0 Å². The van der Waals surface area contributed by atoms with Gasteiger partial charge in [-0.25, -0.2) is 0 Å². The second-order valence-electron chi connectivity index (χ2n) is 5.61. The average molecular weight is 379 g/mol. The molecule has 0 saturated carbocycles. The lowest BCUT2D eigenvalue weighted by Crippen LogP contribution is -2.00. The zero-order valence-electron chi connectivity index (χ0n) is 14.4. The molecule has 27 heavy (non-hydrogen) atoms. The summed E-state index contributed by atoms with van der Waals surface area (Å²) in [5, 5.41) is 21.6. The van der Waals surface area contributed by atoms with E-state index in [4.69, 9.17) is 11.6 Å². The minimum absolute atomic E-state index is 0.464. The molecule has 0 aliphatic rings. The maximum absolute atomic E-state index is 6.00. The first kappa shape index (κ1) is 17.0. The van der Waals surface area contributed by atoms with Gasteiger partial charge in [0.15, 0.2) is 17.5 Å². The van der Waals surface area contributed by atoms with Crippen LogP contribution in [0.15, 0.2) is 48.8 Å². The largest absolute Gasteiger partial charge is 0.308 e. The van der Waals surface area contributed by atoms with Gasteiger partial charge in [0.2, 0.25) is 0 Å². The number of halogens is 1. The molecule has 3 heterocycles. The van der Waals surface area contributed by atoms with Crippen LogP contribution in [0.4, 0.5) is 0 Å². The minimum Gasteiger partial charge on any atom is -0.308 e. The lowest BCUT2D eigenvalue weighted by atomic mass is 10.2. The Labute approximate surface area is 160 Å². The topological polar surface area (TPSA) is 87.2 Å². The Balaban J connectivity index is 1.60. The summed E-state index contributed by atoms with van der Waals surface area (Å²) >= 11 is 6.00. The quantitative estimate of drug-likeness (QED) is 0.530. The van der Waals surface area contributed by atoms with Crippen molar-refractivity contribution in [2.45, 2.75) is 13.5 Å². The van der Waals surface area contributed by atoms with E-state index in [2.05, 4.69) is 30.6 Å². The molecule has 0 atom stereocenters. The van der Waals surface area contributed by atoms with Gasteiger partial charge >= 0.3 is 0 Å². The average Bonchev–Trinajstić information content (AvgIpc) is 3.34. The molecule has 0 saturated heterocycles. The molecule has 134 valence electrons. The van der Waals surface area contributed by atoms with Crippen molar-refractivity contribution in [3.63, 3.8) is 0 Å². The summed E-state index contributed by atoms with van der Waals surface area (Å²) < 4.78 is 2.01. The molecule has 0 amide bonds. The lowest BCUT2D eigenvalue weighted by Gasteiger charge is -2.04. The number of nitrogens with zero attached hydrogens (tertiary/aromatic N) is 8. The number of pyridine rings is 1. The van der Waals surface area contributed by atoms with Gasteiger partial charge in [-0.3, -0.25) is 4.98 Å². The van der Waals surface area contributed by atoms with Crippen LogP contribution in [0.25, 0.3) is 29.2 Å². The molecule has 0 aliphatic heterocycles. The maximum atomic E-state index is 6.00. The molecule has 8 nitrogen and oxygen atoms in total. The Kier molecular flexibility index (Phi) is 4.71. The normalized spacial score (nSPS) is 11.3. The predicted molar refractivity (Wildman–Crippen MR) is 102 cm³/mol. The van der Waals surface area contributed by atoms with Gasteiger partial charge in [0.05, 0.1) is 5.69 Å². The van der Waals surface area contributed by atoms with E-state index in [9.17, 15) is 0 Å². The first-order valence-electron chi connectivity index (χ1n) is 8.32. The van der Waals surface area contributed by atoms with Crippen LogP contribution >= 0.6 is 11.6 Å². The van der Waals surface area contributed by atoms with E-state index in [-0.39, 0.29) is 0 Å². The van der Waals surface area contributed by atoms with Crippen molar-refractivity contribution >= 4 is 23.8 Å². The molecule has 0 bridgehead atoms. The van der Waals surface area contributed by atoms with Crippen molar-refractivity contribution in [2.75, 3.05) is 0 Å². The zero-order chi connectivity index (χ0) is 18.6. The minimum atomic E-state index is 0.464. The predicted octanol–water partition coefficient (Wildman–Crippen LogP) is 3.16. The third-order valence-corrected chi connectivity index (χ3v) is 4.12. The zero-order valence-corrected chi connectivity index (χ0v) is 15.2. The Hall–Kier alpha value is -3.39. The van der Waals surface area contributed by atoms with E-state index in [1.807, 2.05) is 41.8 Å². The number of aromatic nitrogens is 8. The summed E-state index contributed by atoms with van der Waals surface area (Å²) in [6, 6.07) is 11.1. The van der Waals surface area contributed by atoms with Gasteiger partial charge in [-0.05, 0) is 54.6 Å². The summed E-state index contributed by atoms with van der Waals surface area (Å²) in [6.07, 6.45) is 7.04. The molecule has 1 aromatic carbocycles. The molecule has 0 unspecified atom stereocenters. The van der Waals surface area contributed by atoms with Gasteiger partial charge in [-0.1, -0.05) is 17.7 Å².